The molecule has 0 fully saturated rings. The van der Waals surface area contributed by atoms with Gasteiger partial charge in [0, 0.05) is 0 Å². The summed E-state index contributed by atoms with van der Waals surface area (Å²) in [5.74, 6) is 0. The minimum atomic E-state index is -4.02. The van der Waals surface area contributed by atoms with E-state index < -0.39 is 30.4 Å². The molecule has 0 aromatic heterocycles. The molecule has 3 rings (SSSR count). The predicted molar refractivity (Wildman–Crippen MR) is 123 cm³/mol. The van der Waals surface area contributed by atoms with Crippen LogP contribution in [0.4, 0.5) is 0 Å². The summed E-state index contributed by atoms with van der Waals surface area (Å²) in [6.07, 6.45) is 0. The Hall–Kier alpha value is -2.09. The number of benzene rings is 3. The van der Waals surface area contributed by atoms with Crippen molar-refractivity contribution in [3.05, 3.63) is 89.5 Å². The molecule has 9 nitrogen and oxygen atoms in total. The van der Waals surface area contributed by atoms with Crippen molar-refractivity contribution in [3.63, 3.8) is 0 Å². The first-order valence-electron chi connectivity index (χ1n) is 9.12. The summed E-state index contributed by atoms with van der Waals surface area (Å²) in [6, 6.07) is 18.0. The summed E-state index contributed by atoms with van der Waals surface area (Å²) >= 11 is 0. The van der Waals surface area contributed by atoms with Crippen LogP contribution >= 0.6 is 0 Å². The van der Waals surface area contributed by atoms with E-state index in [9.17, 15) is 25.3 Å². The van der Waals surface area contributed by atoms with E-state index in [-0.39, 0.29) is 31.8 Å². The molecule has 0 aliphatic heterocycles. The van der Waals surface area contributed by atoms with E-state index in [0.29, 0.717) is 0 Å². The van der Waals surface area contributed by atoms with Crippen LogP contribution in [0.25, 0.3) is 0 Å². The van der Waals surface area contributed by atoms with Crippen molar-refractivity contribution in [2.75, 3.05) is 0 Å². The summed E-state index contributed by atoms with van der Waals surface area (Å²) in [5.41, 5.74) is 2.87. The molecule has 0 saturated carbocycles. The average molecular weight is 572 g/mol. The fourth-order valence-electron chi connectivity index (χ4n) is 2.13. The van der Waals surface area contributed by atoms with Gasteiger partial charge in [0.1, 0.15) is 0 Å². The van der Waals surface area contributed by atoms with Crippen LogP contribution in [-0.4, -0.2) is 38.9 Å². The zero-order valence-electron chi connectivity index (χ0n) is 18.3. The van der Waals surface area contributed by atoms with Gasteiger partial charge in [0.05, 0.1) is 14.7 Å². The molecule has 0 aliphatic carbocycles. The minimum Gasteiger partial charge on any atom is -0.282 e. The summed E-state index contributed by atoms with van der Waals surface area (Å²) in [4.78, 5) is -0.200. The Morgan fingerprint density at radius 1 is 0.412 bits per heavy atom. The molecule has 0 unspecified atom stereocenters. The second-order valence-corrected chi connectivity index (χ2v) is 11.1. The van der Waals surface area contributed by atoms with Gasteiger partial charge in [-0.15, -0.1) is 0 Å². The zero-order valence-corrected chi connectivity index (χ0v) is 21.9. The van der Waals surface area contributed by atoms with Gasteiger partial charge in [-0.3, -0.25) is 13.7 Å². The van der Waals surface area contributed by atoms with Gasteiger partial charge in [-0.25, -0.2) is 0 Å². The zero-order chi connectivity index (χ0) is 25.4. The maximum atomic E-state index is 10.5. The molecule has 185 valence electrons. The molecular weight excluding hydrogens is 548 g/mol. The van der Waals surface area contributed by atoms with E-state index in [0.717, 1.165) is 16.7 Å². The Morgan fingerprint density at radius 2 is 0.559 bits per heavy atom. The van der Waals surface area contributed by atoms with Gasteiger partial charge in [-0.05, 0) is 57.2 Å². The van der Waals surface area contributed by atoms with Crippen LogP contribution < -0.4 is 0 Å². The summed E-state index contributed by atoms with van der Waals surface area (Å²) < 4.78 is 88.7. The monoisotopic (exact) mass is 572 g/mol. The smallest absolute Gasteiger partial charge is 0.282 e. The fraction of sp³-hybridized carbons (Fsp3) is 0.143. The second kappa shape index (κ2) is 13.1. The SMILES string of the molecule is Cc1ccc(S(=O)(=O)O)cc1.Cc1ccc(S(=O)(=O)O)cc1.Cc1ccc(S(=O)(=O)O)cc1.[Fe+3]. The van der Waals surface area contributed by atoms with E-state index in [1.807, 2.05) is 20.8 Å². The minimum absolute atomic E-state index is 0. The Bertz CT molecular complexity index is 1190. The molecular formula is C21H24FeO9S3+3. The van der Waals surface area contributed by atoms with Gasteiger partial charge in [-0.2, -0.15) is 25.3 Å². The summed E-state index contributed by atoms with van der Waals surface area (Å²) in [5, 5.41) is 0. The number of rotatable bonds is 3. The largest absolute Gasteiger partial charge is 3.00 e. The van der Waals surface area contributed by atoms with Gasteiger partial charge in [0.15, 0.2) is 0 Å². The quantitative estimate of drug-likeness (QED) is 0.314. The standard InChI is InChI=1S/3C7H8O3S.Fe/c3*1-6-2-4-7(5-3-6)11(8,9)10;/h3*2-5H,1H3,(H,8,9,10);/q;;;+3. The molecule has 0 spiro atoms. The van der Waals surface area contributed by atoms with Gasteiger partial charge in [0.25, 0.3) is 30.4 Å². The van der Waals surface area contributed by atoms with Crippen molar-refractivity contribution in [2.45, 2.75) is 35.5 Å². The number of hydrogen-bond acceptors (Lipinski definition) is 6. The van der Waals surface area contributed by atoms with Crippen molar-refractivity contribution in [1.82, 2.24) is 0 Å². The van der Waals surface area contributed by atoms with E-state index >= 15 is 0 Å². The van der Waals surface area contributed by atoms with Crippen LogP contribution in [0, 0.1) is 20.8 Å². The molecule has 0 amide bonds. The van der Waals surface area contributed by atoms with E-state index in [1.54, 1.807) is 36.4 Å². The van der Waals surface area contributed by atoms with Crippen molar-refractivity contribution in [1.29, 1.82) is 0 Å². The molecule has 0 heterocycles. The van der Waals surface area contributed by atoms with Gasteiger partial charge in [-0.1, -0.05) is 53.1 Å². The molecule has 0 atom stereocenters. The fourth-order valence-corrected chi connectivity index (χ4v) is 3.57. The average Bonchev–Trinajstić information content (AvgIpc) is 2.68. The summed E-state index contributed by atoms with van der Waals surface area (Å²) in [6.45, 7) is 5.52. The number of aryl methyl sites for hydroxylation is 3. The molecule has 3 N–H and O–H groups in total. The van der Waals surface area contributed by atoms with E-state index in [1.165, 1.54) is 36.4 Å². The van der Waals surface area contributed by atoms with Crippen LogP contribution in [0.2, 0.25) is 0 Å². The third-order valence-corrected chi connectivity index (χ3v) is 6.56. The van der Waals surface area contributed by atoms with E-state index in [4.69, 9.17) is 13.7 Å². The maximum Gasteiger partial charge on any atom is 3.00 e. The summed E-state index contributed by atoms with van der Waals surface area (Å²) in [7, 11) is -12.1. The van der Waals surface area contributed by atoms with Crippen molar-refractivity contribution >= 4 is 30.4 Å². The molecule has 3 aromatic rings. The van der Waals surface area contributed by atoms with Crippen LogP contribution in [0.15, 0.2) is 87.5 Å². The van der Waals surface area contributed by atoms with Gasteiger partial charge >= 0.3 is 17.1 Å². The Labute approximate surface area is 210 Å². The normalized spacial score (nSPS) is 11.1. The first kappa shape index (κ1) is 31.9. The number of hydrogen-bond donors (Lipinski definition) is 3. The Balaban J connectivity index is 0.000000473. The first-order valence-corrected chi connectivity index (χ1v) is 13.4. The van der Waals surface area contributed by atoms with Crippen LogP contribution in [-0.2, 0) is 47.4 Å². The van der Waals surface area contributed by atoms with Crippen molar-refractivity contribution in [3.8, 4) is 0 Å². The van der Waals surface area contributed by atoms with Gasteiger partial charge < -0.3 is 0 Å². The molecule has 0 bridgehead atoms. The predicted octanol–water partition coefficient (Wildman–Crippen LogP) is 3.72. The maximum absolute atomic E-state index is 10.5. The Kier molecular flexibility index (Phi) is 12.3. The van der Waals surface area contributed by atoms with Crippen molar-refractivity contribution < 1.29 is 56.0 Å². The molecule has 0 saturated heterocycles. The van der Waals surface area contributed by atoms with Crippen molar-refractivity contribution in [2.24, 2.45) is 0 Å². The van der Waals surface area contributed by atoms with E-state index in [2.05, 4.69) is 0 Å². The molecule has 0 aliphatic rings. The third kappa shape index (κ3) is 11.9. The second-order valence-electron chi connectivity index (χ2n) is 6.86. The van der Waals surface area contributed by atoms with Gasteiger partial charge in [0.2, 0.25) is 0 Å². The molecule has 1 radical (unpaired) electrons. The van der Waals surface area contributed by atoms with Crippen LogP contribution in [0.1, 0.15) is 16.7 Å². The molecule has 34 heavy (non-hydrogen) atoms. The topological polar surface area (TPSA) is 163 Å². The molecule has 13 heteroatoms. The van der Waals surface area contributed by atoms with Crippen LogP contribution in [0.3, 0.4) is 0 Å². The third-order valence-electron chi connectivity index (χ3n) is 3.96. The molecule has 3 aromatic carbocycles. The first-order chi connectivity index (χ1) is 15.0. The Morgan fingerprint density at radius 3 is 0.676 bits per heavy atom. The van der Waals surface area contributed by atoms with Crippen LogP contribution in [0.5, 0.6) is 0 Å².